The number of ketones is 1. The molecule has 0 aliphatic heterocycles. The minimum absolute atomic E-state index is 0.0433. The van der Waals surface area contributed by atoms with Crippen LogP contribution in [-0.2, 0) is 0 Å². The molecule has 0 aliphatic carbocycles. The van der Waals surface area contributed by atoms with Crippen molar-refractivity contribution < 1.29 is 13.9 Å². The second kappa shape index (κ2) is 4.45. The van der Waals surface area contributed by atoms with Crippen LogP contribution in [0.15, 0.2) is 34.7 Å². The van der Waals surface area contributed by atoms with E-state index in [1.54, 1.807) is 38.3 Å². The Bertz CT molecular complexity index is 552. The molecule has 0 saturated heterocycles. The first-order chi connectivity index (χ1) is 8.11. The van der Waals surface area contributed by atoms with Crippen LogP contribution in [0.3, 0.4) is 0 Å². The van der Waals surface area contributed by atoms with E-state index in [0.717, 1.165) is 5.76 Å². The maximum Gasteiger partial charge on any atom is 0.196 e. The molecule has 0 fully saturated rings. The van der Waals surface area contributed by atoms with Crippen LogP contribution in [0.25, 0.3) is 0 Å². The standard InChI is InChI=1S/C14H14O3/c1-9-7-13(10(2)17-9)14(15)11-5-4-6-12(8-11)16-3/h4-8H,1-3H3. The topological polar surface area (TPSA) is 39.4 Å². The van der Waals surface area contributed by atoms with Gasteiger partial charge in [-0.1, -0.05) is 12.1 Å². The van der Waals surface area contributed by atoms with E-state index in [-0.39, 0.29) is 5.78 Å². The van der Waals surface area contributed by atoms with Gasteiger partial charge in [-0.25, -0.2) is 0 Å². The molecule has 0 atom stereocenters. The Hall–Kier alpha value is -2.03. The van der Waals surface area contributed by atoms with Crippen LogP contribution < -0.4 is 4.74 Å². The van der Waals surface area contributed by atoms with E-state index in [1.807, 2.05) is 13.0 Å². The van der Waals surface area contributed by atoms with Crippen LogP contribution in [0, 0.1) is 13.8 Å². The highest BCUT2D eigenvalue weighted by Crippen LogP contribution is 2.20. The highest BCUT2D eigenvalue weighted by Gasteiger charge is 2.15. The summed E-state index contributed by atoms with van der Waals surface area (Å²) in [4.78, 5) is 12.2. The molecule has 3 heteroatoms. The largest absolute Gasteiger partial charge is 0.497 e. The van der Waals surface area contributed by atoms with Gasteiger partial charge in [0.1, 0.15) is 17.3 Å². The molecule has 3 nitrogen and oxygen atoms in total. The van der Waals surface area contributed by atoms with Crippen molar-refractivity contribution in [2.75, 3.05) is 7.11 Å². The third kappa shape index (κ3) is 2.23. The number of benzene rings is 1. The summed E-state index contributed by atoms with van der Waals surface area (Å²) in [7, 11) is 1.58. The molecule has 2 rings (SSSR count). The maximum atomic E-state index is 12.2. The lowest BCUT2D eigenvalue weighted by molar-refractivity contribution is 0.103. The van der Waals surface area contributed by atoms with Crippen LogP contribution in [0.1, 0.15) is 27.4 Å². The minimum atomic E-state index is -0.0433. The van der Waals surface area contributed by atoms with Crippen molar-refractivity contribution in [3.63, 3.8) is 0 Å². The number of ether oxygens (including phenoxy) is 1. The highest BCUT2D eigenvalue weighted by atomic mass is 16.5. The third-order valence-corrected chi connectivity index (χ3v) is 2.62. The number of hydrogen-bond donors (Lipinski definition) is 0. The Morgan fingerprint density at radius 3 is 2.59 bits per heavy atom. The minimum Gasteiger partial charge on any atom is -0.497 e. The summed E-state index contributed by atoms with van der Waals surface area (Å²) in [5, 5.41) is 0. The van der Waals surface area contributed by atoms with E-state index < -0.39 is 0 Å². The number of carbonyl (C=O) groups is 1. The lowest BCUT2D eigenvalue weighted by Gasteiger charge is -2.02. The number of furan rings is 1. The molecule has 0 spiro atoms. The van der Waals surface area contributed by atoms with Crippen LogP contribution in [0.4, 0.5) is 0 Å². The van der Waals surface area contributed by atoms with Crippen molar-refractivity contribution in [3.8, 4) is 5.75 Å². The second-order valence-electron chi connectivity index (χ2n) is 3.89. The van der Waals surface area contributed by atoms with Gasteiger partial charge in [0.25, 0.3) is 0 Å². The molecular weight excluding hydrogens is 216 g/mol. The molecule has 0 aliphatic rings. The highest BCUT2D eigenvalue weighted by molar-refractivity contribution is 6.09. The van der Waals surface area contributed by atoms with E-state index >= 15 is 0 Å². The monoisotopic (exact) mass is 230 g/mol. The number of hydrogen-bond acceptors (Lipinski definition) is 3. The Labute approximate surface area is 100 Å². The van der Waals surface area contributed by atoms with E-state index in [2.05, 4.69) is 0 Å². The number of rotatable bonds is 3. The molecule has 0 radical (unpaired) electrons. The lowest BCUT2D eigenvalue weighted by Crippen LogP contribution is -2.01. The quantitative estimate of drug-likeness (QED) is 0.760. The average molecular weight is 230 g/mol. The van der Waals surface area contributed by atoms with Gasteiger partial charge in [0.05, 0.1) is 12.7 Å². The van der Waals surface area contributed by atoms with Gasteiger partial charge in [0, 0.05) is 5.56 Å². The normalized spacial score (nSPS) is 10.3. The molecule has 2 aromatic rings. The Balaban J connectivity index is 2.40. The molecule has 0 amide bonds. The number of methoxy groups -OCH3 is 1. The second-order valence-corrected chi connectivity index (χ2v) is 3.89. The third-order valence-electron chi connectivity index (χ3n) is 2.62. The van der Waals surface area contributed by atoms with E-state index in [9.17, 15) is 4.79 Å². The first-order valence-corrected chi connectivity index (χ1v) is 5.37. The van der Waals surface area contributed by atoms with Gasteiger partial charge in [0.2, 0.25) is 0 Å². The zero-order chi connectivity index (χ0) is 12.4. The molecule has 88 valence electrons. The fourth-order valence-corrected chi connectivity index (χ4v) is 1.78. The number of aryl methyl sites for hydroxylation is 2. The Morgan fingerprint density at radius 1 is 1.24 bits per heavy atom. The summed E-state index contributed by atoms with van der Waals surface area (Å²) >= 11 is 0. The predicted octanol–water partition coefficient (Wildman–Crippen LogP) is 3.14. The molecule has 1 aromatic carbocycles. The molecule has 1 heterocycles. The van der Waals surface area contributed by atoms with Gasteiger partial charge < -0.3 is 9.15 Å². The smallest absolute Gasteiger partial charge is 0.196 e. The summed E-state index contributed by atoms with van der Waals surface area (Å²) in [6, 6.07) is 8.87. The molecule has 0 bridgehead atoms. The van der Waals surface area contributed by atoms with Gasteiger partial charge in [-0.05, 0) is 32.0 Å². The first kappa shape index (κ1) is 11.5. The Kier molecular flexibility index (Phi) is 3.00. The van der Waals surface area contributed by atoms with Crippen LogP contribution in [0.2, 0.25) is 0 Å². The first-order valence-electron chi connectivity index (χ1n) is 5.37. The fraction of sp³-hybridized carbons (Fsp3) is 0.214. The molecule has 17 heavy (non-hydrogen) atoms. The van der Waals surface area contributed by atoms with Crippen LogP contribution >= 0.6 is 0 Å². The van der Waals surface area contributed by atoms with Gasteiger partial charge in [0.15, 0.2) is 5.78 Å². The van der Waals surface area contributed by atoms with Crippen molar-refractivity contribution in [2.45, 2.75) is 13.8 Å². The molecule has 0 unspecified atom stereocenters. The SMILES string of the molecule is COc1cccc(C(=O)c2cc(C)oc2C)c1. The molecule has 0 N–H and O–H groups in total. The Morgan fingerprint density at radius 2 is 2.00 bits per heavy atom. The van der Waals surface area contributed by atoms with Crippen molar-refractivity contribution >= 4 is 5.78 Å². The van der Waals surface area contributed by atoms with Crippen molar-refractivity contribution in [1.29, 1.82) is 0 Å². The lowest BCUT2D eigenvalue weighted by atomic mass is 10.0. The van der Waals surface area contributed by atoms with Crippen LogP contribution in [-0.4, -0.2) is 12.9 Å². The number of carbonyl (C=O) groups excluding carboxylic acids is 1. The van der Waals surface area contributed by atoms with E-state index in [1.165, 1.54) is 0 Å². The van der Waals surface area contributed by atoms with E-state index in [0.29, 0.717) is 22.6 Å². The van der Waals surface area contributed by atoms with Gasteiger partial charge in [-0.15, -0.1) is 0 Å². The maximum absolute atomic E-state index is 12.2. The van der Waals surface area contributed by atoms with Crippen LogP contribution in [0.5, 0.6) is 5.75 Å². The van der Waals surface area contributed by atoms with Crippen molar-refractivity contribution in [1.82, 2.24) is 0 Å². The zero-order valence-corrected chi connectivity index (χ0v) is 10.1. The molecular formula is C14H14O3. The zero-order valence-electron chi connectivity index (χ0n) is 10.1. The molecule has 0 saturated carbocycles. The van der Waals surface area contributed by atoms with E-state index in [4.69, 9.17) is 9.15 Å². The van der Waals surface area contributed by atoms with Gasteiger partial charge in [-0.2, -0.15) is 0 Å². The van der Waals surface area contributed by atoms with Gasteiger partial charge in [-0.3, -0.25) is 4.79 Å². The fourth-order valence-electron chi connectivity index (χ4n) is 1.78. The van der Waals surface area contributed by atoms with Crippen molar-refractivity contribution in [2.24, 2.45) is 0 Å². The summed E-state index contributed by atoms with van der Waals surface area (Å²) in [5.41, 5.74) is 1.21. The predicted molar refractivity (Wildman–Crippen MR) is 64.6 cm³/mol. The summed E-state index contributed by atoms with van der Waals surface area (Å²) < 4.78 is 10.5. The summed E-state index contributed by atoms with van der Waals surface area (Å²) in [5.74, 6) is 2.02. The average Bonchev–Trinajstić information content (AvgIpc) is 2.67. The summed E-state index contributed by atoms with van der Waals surface area (Å²) in [6.45, 7) is 3.62. The molecule has 1 aromatic heterocycles. The summed E-state index contributed by atoms with van der Waals surface area (Å²) in [6.07, 6.45) is 0. The van der Waals surface area contributed by atoms with Gasteiger partial charge >= 0.3 is 0 Å². The van der Waals surface area contributed by atoms with Crippen molar-refractivity contribution in [3.05, 3.63) is 53.0 Å².